The van der Waals surface area contributed by atoms with Crippen LogP contribution in [0.5, 0.6) is 0 Å². The lowest BCUT2D eigenvalue weighted by Gasteiger charge is -2.51. The summed E-state index contributed by atoms with van der Waals surface area (Å²) in [5, 5.41) is 15.4. The Labute approximate surface area is 271 Å². The second-order valence-electron chi connectivity index (χ2n) is 12.1. The van der Waals surface area contributed by atoms with Crippen LogP contribution in [0.1, 0.15) is 48.5 Å². The monoisotopic (exact) mass is 654 g/mol. The number of carbonyl (C=O) groups is 4. The number of amides is 1. The van der Waals surface area contributed by atoms with Crippen LogP contribution in [0.3, 0.4) is 0 Å². The summed E-state index contributed by atoms with van der Waals surface area (Å²) in [5.41, 5.74) is 0. The van der Waals surface area contributed by atoms with Crippen LogP contribution in [-0.2, 0) is 42.6 Å². The van der Waals surface area contributed by atoms with Crippen LogP contribution >= 0.6 is 0 Å². The highest BCUT2D eigenvalue weighted by Crippen LogP contribution is 2.36. The predicted octanol–water partition coefficient (Wildman–Crippen LogP) is 1.85. The van der Waals surface area contributed by atoms with Crippen LogP contribution in [0, 0.1) is 0 Å². The van der Waals surface area contributed by atoms with Gasteiger partial charge < -0.3 is 33.4 Å². The molecule has 0 unspecified atom stereocenters. The van der Waals surface area contributed by atoms with E-state index in [2.05, 4.69) is 45.0 Å². The molecule has 250 valence electrons. The molecule has 0 bridgehead atoms. The third-order valence-corrected chi connectivity index (χ3v) is 12.7. The zero-order valence-corrected chi connectivity index (χ0v) is 28.5. The highest BCUT2D eigenvalue weighted by molar-refractivity contribution is 6.99. The lowest BCUT2D eigenvalue weighted by atomic mass is 9.94. The van der Waals surface area contributed by atoms with Gasteiger partial charge in [0, 0.05) is 40.5 Å². The van der Waals surface area contributed by atoms with Gasteiger partial charge in [-0.2, -0.15) is 0 Å². The van der Waals surface area contributed by atoms with E-state index in [1.54, 1.807) is 12.2 Å². The lowest BCUT2D eigenvalue weighted by Crippen LogP contribution is -2.69. The van der Waals surface area contributed by atoms with Crippen molar-refractivity contribution in [2.24, 2.45) is 0 Å². The van der Waals surface area contributed by atoms with E-state index in [-0.39, 0.29) is 18.2 Å². The Hall–Kier alpha value is -3.84. The van der Waals surface area contributed by atoms with Crippen molar-refractivity contribution >= 4 is 42.5 Å². The van der Waals surface area contributed by atoms with E-state index < -0.39 is 69.4 Å². The summed E-state index contributed by atoms with van der Waals surface area (Å²) in [6, 6.07) is 18.9. The van der Waals surface area contributed by atoms with E-state index in [9.17, 15) is 24.3 Å². The molecule has 1 amide bonds. The van der Waals surface area contributed by atoms with E-state index in [1.807, 2.05) is 36.4 Å². The van der Waals surface area contributed by atoms with Crippen LogP contribution in [0.2, 0.25) is 5.04 Å². The quantitative estimate of drug-likeness (QED) is 0.144. The minimum Gasteiger partial charge on any atom is -0.829 e. The first kappa shape index (κ1) is 36.6. The molecule has 1 aliphatic heterocycles. The summed E-state index contributed by atoms with van der Waals surface area (Å²) in [4.78, 5) is 49.7. The van der Waals surface area contributed by atoms with E-state index in [0.717, 1.165) is 24.2 Å². The molecule has 1 aliphatic rings. The van der Waals surface area contributed by atoms with Crippen molar-refractivity contribution in [2.45, 2.75) is 84.1 Å². The molecule has 5 atom stereocenters. The summed E-state index contributed by atoms with van der Waals surface area (Å²) < 4.78 is 28.3. The normalized spacial score (nSPS) is 21.8. The summed E-state index contributed by atoms with van der Waals surface area (Å²) in [6.07, 6.45) is -2.36. The molecule has 0 N–H and O–H groups in total. The molecular formula is C34H44NO10Si-. The van der Waals surface area contributed by atoms with Gasteiger partial charge in [-0.15, -0.1) is 0 Å². The molecule has 12 heteroatoms. The Morgan fingerprint density at radius 1 is 0.826 bits per heavy atom. The molecular weight excluding hydrogens is 610 g/mol. The zero-order valence-electron chi connectivity index (χ0n) is 27.5. The minimum atomic E-state index is -2.81. The van der Waals surface area contributed by atoms with Crippen molar-refractivity contribution in [3.8, 4) is 0 Å². The maximum absolute atomic E-state index is 13.4. The van der Waals surface area contributed by atoms with E-state index in [0.29, 0.717) is 0 Å². The summed E-state index contributed by atoms with van der Waals surface area (Å²) in [7, 11) is -2.81. The SMILES string of the molecule is CC(=O)OC[C@H]1O[C@@H]([O-])[C@H](N(C/C=C\CO[Si](c2ccccc2)(c2ccccc2)C(C)(C)C)C(C)=O)[C@@H](OC(C)=O)[C@@H]1OC(C)=O. The second-order valence-corrected chi connectivity index (χ2v) is 16.4. The third-order valence-electron chi connectivity index (χ3n) is 7.72. The Morgan fingerprint density at radius 2 is 1.35 bits per heavy atom. The minimum absolute atomic E-state index is 0.0502. The van der Waals surface area contributed by atoms with Crippen molar-refractivity contribution in [2.75, 3.05) is 19.8 Å². The molecule has 0 aromatic heterocycles. The van der Waals surface area contributed by atoms with Gasteiger partial charge in [0.05, 0.1) is 12.6 Å². The van der Waals surface area contributed by atoms with Crippen molar-refractivity contribution in [1.29, 1.82) is 0 Å². The number of esters is 3. The lowest BCUT2D eigenvalue weighted by molar-refractivity contribution is -0.524. The molecule has 2 aromatic rings. The molecule has 2 aromatic carbocycles. The van der Waals surface area contributed by atoms with Crippen molar-refractivity contribution in [3.63, 3.8) is 0 Å². The van der Waals surface area contributed by atoms with Gasteiger partial charge in [0.1, 0.15) is 12.7 Å². The zero-order chi connectivity index (χ0) is 34.1. The fourth-order valence-corrected chi connectivity index (χ4v) is 10.4. The molecule has 1 heterocycles. The van der Waals surface area contributed by atoms with Gasteiger partial charge >= 0.3 is 17.9 Å². The Balaban J connectivity index is 1.90. The number of rotatable bonds is 12. The third kappa shape index (κ3) is 8.90. The van der Waals surface area contributed by atoms with Gasteiger partial charge in [-0.05, 0) is 15.4 Å². The fourth-order valence-electron chi connectivity index (χ4n) is 5.86. The number of nitrogens with zero attached hydrogens (tertiary/aromatic N) is 1. The van der Waals surface area contributed by atoms with E-state index >= 15 is 0 Å². The smallest absolute Gasteiger partial charge is 0.303 e. The first-order valence-corrected chi connectivity index (χ1v) is 17.1. The first-order valence-electron chi connectivity index (χ1n) is 15.1. The number of benzene rings is 2. The molecule has 0 aliphatic carbocycles. The average molecular weight is 655 g/mol. The van der Waals surface area contributed by atoms with E-state index in [4.69, 9.17) is 23.4 Å². The van der Waals surface area contributed by atoms with Crippen molar-refractivity contribution in [1.82, 2.24) is 4.90 Å². The molecule has 11 nitrogen and oxygen atoms in total. The summed E-state index contributed by atoms with van der Waals surface area (Å²) in [6.45, 7) is 11.0. The van der Waals surface area contributed by atoms with Crippen LogP contribution in [0.25, 0.3) is 0 Å². The number of hydrogen-bond donors (Lipinski definition) is 0. The maximum atomic E-state index is 13.4. The Kier molecular flexibility index (Phi) is 12.8. The molecule has 3 rings (SSSR count). The van der Waals surface area contributed by atoms with Gasteiger partial charge in [-0.1, -0.05) is 93.6 Å². The van der Waals surface area contributed by atoms with Crippen LogP contribution in [0.4, 0.5) is 0 Å². The molecule has 1 fully saturated rings. The van der Waals surface area contributed by atoms with Crippen molar-refractivity contribution in [3.05, 3.63) is 72.8 Å². The highest BCUT2D eigenvalue weighted by Gasteiger charge is 2.51. The van der Waals surface area contributed by atoms with Crippen LogP contribution in [-0.4, -0.2) is 87.4 Å². The highest BCUT2D eigenvalue weighted by atomic mass is 28.4. The van der Waals surface area contributed by atoms with Gasteiger partial charge in [-0.3, -0.25) is 19.2 Å². The van der Waals surface area contributed by atoms with Gasteiger partial charge in [0.15, 0.2) is 12.2 Å². The van der Waals surface area contributed by atoms with Crippen molar-refractivity contribution < 1.29 is 47.7 Å². The topological polar surface area (TPSA) is 141 Å². The maximum Gasteiger partial charge on any atom is 0.303 e. The fraction of sp³-hybridized carbons (Fsp3) is 0.471. The first-order chi connectivity index (χ1) is 21.7. The van der Waals surface area contributed by atoms with Crippen LogP contribution < -0.4 is 15.5 Å². The summed E-state index contributed by atoms with van der Waals surface area (Å²) >= 11 is 0. The number of ether oxygens (including phenoxy) is 4. The predicted molar refractivity (Wildman–Crippen MR) is 170 cm³/mol. The van der Waals surface area contributed by atoms with Crippen LogP contribution in [0.15, 0.2) is 72.8 Å². The largest absolute Gasteiger partial charge is 0.829 e. The standard InChI is InChI=1S/C34H44NO10Si/c1-23(36)35(30-32(44-26(4)39)31(43-25(3)38)29(45-33(30)40)22-41-24(2)37)20-14-15-21-42-46(34(5,6)7,27-16-10-8-11-17-27)28-18-12-9-13-19-28/h8-19,29-33H,20-22H2,1-7H3/q-1/b15-14-/t29-,30-,31-,32-,33-/m1/s1. The molecule has 46 heavy (non-hydrogen) atoms. The second kappa shape index (κ2) is 16.1. The molecule has 0 spiro atoms. The molecule has 0 radical (unpaired) electrons. The number of hydrogen-bond acceptors (Lipinski definition) is 10. The van der Waals surface area contributed by atoms with Gasteiger partial charge in [-0.25, -0.2) is 0 Å². The Morgan fingerprint density at radius 3 is 1.80 bits per heavy atom. The summed E-state index contributed by atoms with van der Waals surface area (Å²) in [5.74, 6) is -2.64. The number of carbonyl (C=O) groups excluding carboxylic acids is 4. The van der Waals surface area contributed by atoms with Gasteiger partial charge in [0.25, 0.3) is 8.32 Å². The Bertz CT molecular complexity index is 1320. The molecule has 0 saturated carbocycles. The average Bonchev–Trinajstić information content (AvgIpc) is 2.98. The molecule has 1 saturated heterocycles. The van der Waals surface area contributed by atoms with Gasteiger partial charge in [0.2, 0.25) is 5.91 Å². The van der Waals surface area contributed by atoms with E-state index in [1.165, 1.54) is 18.7 Å².